The predicted molar refractivity (Wildman–Crippen MR) is 54.3 cm³/mol. The third kappa shape index (κ3) is 3.78. The maximum atomic E-state index is 8.57. The lowest BCUT2D eigenvalue weighted by Gasteiger charge is -2.16. The Bertz CT molecular complexity index is 165. The van der Waals surface area contributed by atoms with Crippen molar-refractivity contribution in [2.24, 2.45) is 5.92 Å². The number of nitrogens with one attached hydrogen (secondary N) is 1. The highest BCUT2D eigenvalue weighted by Crippen LogP contribution is 2.23. The monoisotopic (exact) mass is 180 g/mol. The number of rotatable bonds is 5. The quantitative estimate of drug-likeness (QED) is 0.705. The summed E-state index contributed by atoms with van der Waals surface area (Å²) >= 11 is 0. The van der Waals surface area contributed by atoms with E-state index in [2.05, 4.69) is 18.3 Å². The molecule has 13 heavy (non-hydrogen) atoms. The van der Waals surface area contributed by atoms with Gasteiger partial charge in [-0.1, -0.05) is 19.8 Å². The molecule has 1 N–H and O–H groups in total. The van der Waals surface area contributed by atoms with Crippen LogP contribution in [-0.2, 0) is 0 Å². The van der Waals surface area contributed by atoms with Crippen LogP contribution in [0.2, 0.25) is 0 Å². The van der Waals surface area contributed by atoms with Crippen LogP contribution in [0.3, 0.4) is 0 Å². The summed E-state index contributed by atoms with van der Waals surface area (Å²) in [5.74, 6) is 0.882. The third-order valence-electron chi connectivity index (χ3n) is 3.00. The van der Waals surface area contributed by atoms with Gasteiger partial charge in [0.1, 0.15) is 0 Å². The van der Waals surface area contributed by atoms with Gasteiger partial charge in [-0.2, -0.15) is 5.26 Å². The van der Waals surface area contributed by atoms with E-state index < -0.39 is 0 Å². The first kappa shape index (κ1) is 10.5. The highest BCUT2D eigenvalue weighted by atomic mass is 14.9. The van der Waals surface area contributed by atoms with Crippen LogP contribution in [0.15, 0.2) is 0 Å². The maximum absolute atomic E-state index is 8.57. The van der Waals surface area contributed by atoms with Crippen molar-refractivity contribution in [3.63, 3.8) is 0 Å². The van der Waals surface area contributed by atoms with Gasteiger partial charge >= 0.3 is 0 Å². The van der Waals surface area contributed by atoms with Gasteiger partial charge in [-0.05, 0) is 31.7 Å². The zero-order valence-electron chi connectivity index (χ0n) is 8.55. The molecule has 0 aromatic rings. The molecule has 0 bridgehead atoms. The van der Waals surface area contributed by atoms with Crippen LogP contribution >= 0.6 is 0 Å². The molecule has 74 valence electrons. The lowest BCUT2D eigenvalue weighted by Crippen LogP contribution is -2.31. The van der Waals surface area contributed by atoms with Crippen molar-refractivity contribution in [1.29, 1.82) is 5.26 Å². The minimum atomic E-state index is 0.422. The van der Waals surface area contributed by atoms with Crippen molar-refractivity contribution in [1.82, 2.24) is 5.32 Å². The molecule has 1 rings (SSSR count). The van der Waals surface area contributed by atoms with E-state index in [4.69, 9.17) is 5.26 Å². The Hall–Kier alpha value is -0.550. The lowest BCUT2D eigenvalue weighted by molar-refractivity contribution is 0.426. The summed E-state index contributed by atoms with van der Waals surface area (Å²) in [4.78, 5) is 0. The fourth-order valence-corrected chi connectivity index (χ4v) is 2.02. The number of nitrogens with zero attached hydrogens (tertiary/aromatic N) is 1. The zero-order chi connectivity index (χ0) is 9.52. The van der Waals surface area contributed by atoms with Gasteiger partial charge in [0.2, 0.25) is 0 Å². The predicted octanol–water partition coefficient (Wildman–Crippen LogP) is 2.46. The summed E-state index contributed by atoms with van der Waals surface area (Å²) in [6, 6.07) is 2.65. The highest BCUT2D eigenvalue weighted by Gasteiger charge is 2.15. The SMILES string of the molecule is CCC(CC#N)NCC1CCCC1. The van der Waals surface area contributed by atoms with Gasteiger partial charge in [0.05, 0.1) is 12.5 Å². The van der Waals surface area contributed by atoms with E-state index in [1.165, 1.54) is 25.7 Å². The fraction of sp³-hybridized carbons (Fsp3) is 0.909. The summed E-state index contributed by atoms with van der Waals surface area (Å²) in [7, 11) is 0. The van der Waals surface area contributed by atoms with Crippen molar-refractivity contribution in [3.8, 4) is 6.07 Å². The van der Waals surface area contributed by atoms with Crippen molar-refractivity contribution in [2.75, 3.05) is 6.54 Å². The minimum absolute atomic E-state index is 0.422. The van der Waals surface area contributed by atoms with E-state index in [-0.39, 0.29) is 0 Å². The Morgan fingerprint density at radius 1 is 1.46 bits per heavy atom. The van der Waals surface area contributed by atoms with E-state index in [9.17, 15) is 0 Å². The molecule has 2 nitrogen and oxygen atoms in total. The van der Waals surface area contributed by atoms with Crippen LogP contribution in [0, 0.1) is 17.2 Å². The van der Waals surface area contributed by atoms with Crippen LogP contribution in [0.25, 0.3) is 0 Å². The molecular weight excluding hydrogens is 160 g/mol. The van der Waals surface area contributed by atoms with Crippen molar-refractivity contribution in [2.45, 2.75) is 51.5 Å². The minimum Gasteiger partial charge on any atom is -0.313 e. The Kier molecular flexibility index (Phi) is 4.85. The Balaban J connectivity index is 2.11. The molecule has 1 atom stereocenters. The number of nitriles is 1. The smallest absolute Gasteiger partial charge is 0.0638 e. The first-order valence-corrected chi connectivity index (χ1v) is 5.47. The highest BCUT2D eigenvalue weighted by molar-refractivity contribution is 4.81. The number of hydrogen-bond donors (Lipinski definition) is 1. The molecule has 0 saturated heterocycles. The molecule has 1 saturated carbocycles. The molecule has 0 radical (unpaired) electrons. The van der Waals surface area contributed by atoms with Gasteiger partial charge in [-0.15, -0.1) is 0 Å². The van der Waals surface area contributed by atoms with Gasteiger partial charge in [0.25, 0.3) is 0 Å². The molecule has 0 aliphatic heterocycles. The first-order valence-electron chi connectivity index (χ1n) is 5.47. The van der Waals surface area contributed by atoms with Gasteiger partial charge in [0.15, 0.2) is 0 Å². The first-order chi connectivity index (χ1) is 6.36. The van der Waals surface area contributed by atoms with Crippen molar-refractivity contribution in [3.05, 3.63) is 0 Å². The molecule has 0 heterocycles. The molecular formula is C11H20N2. The van der Waals surface area contributed by atoms with Crippen LogP contribution in [0.4, 0.5) is 0 Å². The van der Waals surface area contributed by atoms with E-state index >= 15 is 0 Å². The molecule has 0 spiro atoms. The standard InChI is InChI=1S/C11H20N2/c1-2-11(7-8-12)13-9-10-5-3-4-6-10/h10-11,13H,2-7,9H2,1H3. The molecule has 0 amide bonds. The van der Waals surface area contributed by atoms with Crippen LogP contribution < -0.4 is 5.32 Å². The molecule has 0 aromatic heterocycles. The Morgan fingerprint density at radius 2 is 2.15 bits per heavy atom. The molecule has 1 fully saturated rings. The average molecular weight is 180 g/mol. The summed E-state index contributed by atoms with van der Waals surface area (Å²) in [5, 5.41) is 12.1. The maximum Gasteiger partial charge on any atom is 0.0638 e. The Labute approximate surface area is 81.3 Å². The molecule has 1 aliphatic carbocycles. The summed E-state index contributed by atoms with van der Waals surface area (Å²) < 4.78 is 0. The third-order valence-corrected chi connectivity index (χ3v) is 3.00. The van der Waals surface area contributed by atoms with Crippen LogP contribution in [-0.4, -0.2) is 12.6 Å². The zero-order valence-corrected chi connectivity index (χ0v) is 8.55. The van der Waals surface area contributed by atoms with E-state index in [1.807, 2.05) is 0 Å². The summed E-state index contributed by atoms with van der Waals surface area (Å²) in [5.41, 5.74) is 0. The topological polar surface area (TPSA) is 35.8 Å². The number of hydrogen-bond acceptors (Lipinski definition) is 2. The fourth-order valence-electron chi connectivity index (χ4n) is 2.02. The average Bonchev–Trinajstić information content (AvgIpc) is 2.64. The van der Waals surface area contributed by atoms with Gasteiger partial charge < -0.3 is 5.32 Å². The normalized spacial score (nSPS) is 20.0. The van der Waals surface area contributed by atoms with Gasteiger partial charge in [0, 0.05) is 6.04 Å². The molecule has 1 aliphatic rings. The molecule has 0 aromatic carbocycles. The van der Waals surface area contributed by atoms with Crippen molar-refractivity contribution >= 4 is 0 Å². The lowest BCUT2D eigenvalue weighted by atomic mass is 10.1. The second-order valence-corrected chi connectivity index (χ2v) is 4.03. The van der Waals surface area contributed by atoms with E-state index in [0.29, 0.717) is 12.5 Å². The molecule has 2 heteroatoms. The second kappa shape index (κ2) is 5.99. The van der Waals surface area contributed by atoms with E-state index in [1.54, 1.807) is 0 Å². The van der Waals surface area contributed by atoms with E-state index in [0.717, 1.165) is 18.9 Å². The largest absolute Gasteiger partial charge is 0.313 e. The van der Waals surface area contributed by atoms with Gasteiger partial charge in [-0.25, -0.2) is 0 Å². The van der Waals surface area contributed by atoms with Crippen LogP contribution in [0.1, 0.15) is 45.4 Å². The summed E-state index contributed by atoms with van der Waals surface area (Å²) in [6.07, 6.45) is 7.30. The second-order valence-electron chi connectivity index (χ2n) is 4.03. The van der Waals surface area contributed by atoms with Crippen molar-refractivity contribution < 1.29 is 0 Å². The summed E-state index contributed by atoms with van der Waals surface area (Å²) in [6.45, 7) is 3.27. The molecule has 1 unspecified atom stereocenters. The van der Waals surface area contributed by atoms with Gasteiger partial charge in [-0.3, -0.25) is 0 Å². The van der Waals surface area contributed by atoms with Crippen LogP contribution in [0.5, 0.6) is 0 Å². The Morgan fingerprint density at radius 3 is 2.69 bits per heavy atom.